The number of aryl methyl sites for hydroxylation is 1. The lowest BCUT2D eigenvalue weighted by Gasteiger charge is -2.63. The molecule has 64 heavy (non-hydrogen) atoms. The summed E-state index contributed by atoms with van der Waals surface area (Å²) in [7, 11) is 0. The molecular formula is C52H63FN2O8S. The first kappa shape index (κ1) is 46.0. The van der Waals surface area contributed by atoms with Crippen molar-refractivity contribution in [3.8, 4) is 0 Å². The summed E-state index contributed by atoms with van der Waals surface area (Å²) in [5.74, 6) is -2.57. The molecule has 3 aromatic rings. The molecule has 3 saturated carbocycles. The summed E-state index contributed by atoms with van der Waals surface area (Å²) in [6.45, 7) is 19.5. The predicted octanol–water partition coefficient (Wildman–Crippen LogP) is 9.50. The lowest BCUT2D eigenvalue weighted by Crippen LogP contribution is -2.61. The van der Waals surface area contributed by atoms with E-state index in [2.05, 4.69) is 33.9 Å². The SMILES string of the molecule is C=CSCC(=O)C[C@H]1C[C@](C)(C=C)[C@H](OC(=O)C(OC(=O)c2cn3c4c(c(N5CCC(O)CC5)c(F)cc4c2=O)CCC3C)c2ccccc2)[C@@H](C)C23CCC(=O)C2[C@]1(C)C(C)CC3. The standard InChI is InChI=1S/C52H63FN2O8S/c1-8-50(6)27-34(25-36(57)29-64-9-2)51(7)30(3)17-21-52(22-18-41(58)46(51)52)32(5)47(50)63-49(61)45(33-13-11-10-12-14-33)62-48(60)39-28-55-31(4)15-16-37-42(55)38(44(39)59)26-40(53)43(37)54-23-19-35(56)20-24-54/h8-14,26,28,30-32,34-35,45-47,56H,1-2,15-25,27,29H2,3-7H3/t30?,31?,32-,34+,45?,46?,47-,50+,51-,52?/m1/s1. The Morgan fingerprint density at radius 2 is 1.73 bits per heavy atom. The lowest BCUT2D eigenvalue weighted by atomic mass is 9.41. The van der Waals surface area contributed by atoms with E-state index in [4.69, 9.17) is 9.47 Å². The fourth-order valence-corrected chi connectivity index (χ4v) is 13.5. The van der Waals surface area contributed by atoms with Gasteiger partial charge in [0.25, 0.3) is 0 Å². The van der Waals surface area contributed by atoms with Crippen LogP contribution < -0.4 is 10.3 Å². The number of thioether (sulfide) groups is 1. The topological polar surface area (TPSA) is 132 Å². The maximum absolute atomic E-state index is 16.2. The molecule has 8 rings (SSSR count). The number of hydrogen-bond acceptors (Lipinski definition) is 10. The summed E-state index contributed by atoms with van der Waals surface area (Å²) in [5, 5.41) is 11.9. The van der Waals surface area contributed by atoms with Gasteiger partial charge in [-0.2, -0.15) is 0 Å². The van der Waals surface area contributed by atoms with Crippen molar-refractivity contribution in [2.75, 3.05) is 23.7 Å². The number of aromatic nitrogens is 1. The van der Waals surface area contributed by atoms with Crippen molar-refractivity contribution in [3.05, 3.63) is 100.0 Å². The van der Waals surface area contributed by atoms with Crippen LogP contribution in [0, 0.1) is 45.7 Å². The van der Waals surface area contributed by atoms with Crippen molar-refractivity contribution in [2.45, 2.75) is 123 Å². The summed E-state index contributed by atoms with van der Waals surface area (Å²) in [6.07, 6.45) is 6.07. The van der Waals surface area contributed by atoms with Crippen LogP contribution in [0.3, 0.4) is 0 Å². The van der Waals surface area contributed by atoms with Gasteiger partial charge in [-0.25, -0.2) is 14.0 Å². The van der Waals surface area contributed by atoms with E-state index >= 15 is 9.18 Å². The Labute approximate surface area is 380 Å². The monoisotopic (exact) mass is 894 g/mol. The molecule has 3 aliphatic carbocycles. The van der Waals surface area contributed by atoms with Gasteiger partial charge in [0.15, 0.2) is 0 Å². The van der Waals surface area contributed by atoms with Crippen molar-refractivity contribution < 1.29 is 38.1 Å². The summed E-state index contributed by atoms with van der Waals surface area (Å²) >= 11 is 1.36. The minimum atomic E-state index is -1.58. The molecule has 5 aliphatic rings. The number of ether oxygens (including phenoxy) is 2. The van der Waals surface area contributed by atoms with Crippen molar-refractivity contribution in [1.29, 1.82) is 0 Å². The van der Waals surface area contributed by atoms with Gasteiger partial charge in [0, 0.05) is 71.9 Å². The Kier molecular flexibility index (Phi) is 12.7. The van der Waals surface area contributed by atoms with E-state index < -0.39 is 57.7 Å². The van der Waals surface area contributed by atoms with Gasteiger partial charge >= 0.3 is 11.9 Å². The van der Waals surface area contributed by atoms with Crippen LogP contribution in [0.4, 0.5) is 10.1 Å². The van der Waals surface area contributed by atoms with E-state index in [0.29, 0.717) is 80.4 Å². The fourth-order valence-electron chi connectivity index (χ4n) is 13.0. The highest BCUT2D eigenvalue weighted by Gasteiger charge is 2.68. The average Bonchev–Trinajstić information content (AvgIpc) is 3.64. The van der Waals surface area contributed by atoms with E-state index in [1.54, 1.807) is 35.7 Å². The second-order valence-electron chi connectivity index (χ2n) is 20.1. The zero-order valence-corrected chi connectivity index (χ0v) is 38.7. The molecule has 12 heteroatoms. The predicted molar refractivity (Wildman–Crippen MR) is 248 cm³/mol. The molecule has 3 heterocycles. The molecule has 0 amide bonds. The minimum absolute atomic E-state index is 0.0584. The third kappa shape index (κ3) is 7.67. The smallest absolute Gasteiger partial charge is 0.352 e. The van der Waals surface area contributed by atoms with E-state index in [9.17, 15) is 24.3 Å². The number of Topliss-reactive ketones (excluding diaryl/α,β-unsaturated/α-hetero) is 2. The van der Waals surface area contributed by atoms with Crippen LogP contribution in [0.1, 0.15) is 126 Å². The molecule has 0 radical (unpaired) electrons. The van der Waals surface area contributed by atoms with Crippen LogP contribution in [0.25, 0.3) is 10.9 Å². The zero-order valence-electron chi connectivity index (χ0n) is 37.9. The molecule has 1 aromatic heterocycles. The third-order valence-corrected chi connectivity index (χ3v) is 17.5. The first-order chi connectivity index (χ1) is 30.5. The summed E-state index contributed by atoms with van der Waals surface area (Å²) < 4.78 is 30.9. The number of halogens is 1. The average molecular weight is 895 g/mol. The maximum Gasteiger partial charge on any atom is 0.352 e. The number of benzene rings is 2. The zero-order chi connectivity index (χ0) is 45.9. The molecule has 2 bridgehead atoms. The number of pyridine rings is 1. The number of esters is 2. The van der Waals surface area contributed by atoms with Crippen LogP contribution >= 0.6 is 11.8 Å². The van der Waals surface area contributed by atoms with Gasteiger partial charge in [-0.05, 0) is 92.4 Å². The fraction of sp³-hybridized carbons (Fsp3) is 0.558. The van der Waals surface area contributed by atoms with E-state index in [0.717, 1.165) is 12.8 Å². The molecule has 10 nitrogen and oxygen atoms in total. The Balaban J connectivity index is 1.17. The van der Waals surface area contributed by atoms with Crippen LogP contribution in [-0.2, 0) is 30.3 Å². The van der Waals surface area contributed by atoms with E-state index in [1.165, 1.54) is 24.0 Å². The molecule has 5 unspecified atom stereocenters. The van der Waals surface area contributed by atoms with Crippen molar-refractivity contribution >= 4 is 51.9 Å². The lowest BCUT2D eigenvalue weighted by molar-refractivity contribution is -0.198. The highest BCUT2D eigenvalue weighted by atomic mass is 32.2. The number of aliphatic hydroxyl groups excluding tert-OH is 1. The molecule has 4 fully saturated rings. The number of carbonyl (C=O) groups is 4. The third-order valence-electron chi connectivity index (χ3n) is 16.8. The number of hydrogen-bond donors (Lipinski definition) is 1. The molecular weight excluding hydrogens is 832 g/mol. The van der Waals surface area contributed by atoms with Gasteiger partial charge in [-0.3, -0.25) is 14.4 Å². The highest BCUT2D eigenvalue weighted by molar-refractivity contribution is 8.02. The van der Waals surface area contributed by atoms with E-state index in [-0.39, 0.29) is 64.4 Å². The number of nitrogens with zero attached hydrogens (tertiary/aromatic N) is 2. The Hall–Kier alpha value is -4.55. The molecule has 1 N–H and O–H groups in total. The molecule has 342 valence electrons. The van der Waals surface area contributed by atoms with Gasteiger partial charge in [0.2, 0.25) is 11.5 Å². The van der Waals surface area contributed by atoms with Crippen molar-refractivity contribution in [2.24, 2.45) is 39.9 Å². The number of rotatable bonds is 12. The highest BCUT2D eigenvalue weighted by Crippen LogP contribution is 2.69. The molecule has 10 atom stereocenters. The first-order valence-electron chi connectivity index (χ1n) is 23.2. The Bertz CT molecular complexity index is 2430. The Morgan fingerprint density at radius 1 is 1.02 bits per heavy atom. The minimum Gasteiger partial charge on any atom is -0.458 e. The van der Waals surface area contributed by atoms with Gasteiger partial charge in [0.05, 0.1) is 23.1 Å². The van der Waals surface area contributed by atoms with Crippen molar-refractivity contribution in [1.82, 2.24) is 4.57 Å². The number of anilines is 1. The summed E-state index contributed by atoms with van der Waals surface area (Å²) in [4.78, 5) is 73.7. The van der Waals surface area contributed by atoms with E-state index in [1.807, 2.05) is 29.4 Å². The number of piperidine rings is 1. The molecule has 0 spiro atoms. The molecule has 1 saturated heterocycles. The normalized spacial score (nSPS) is 31.9. The number of ketones is 2. The van der Waals surface area contributed by atoms with Crippen LogP contribution in [0.5, 0.6) is 0 Å². The largest absolute Gasteiger partial charge is 0.458 e. The summed E-state index contributed by atoms with van der Waals surface area (Å²) in [6, 6.07) is 9.63. The van der Waals surface area contributed by atoms with Crippen LogP contribution in [-0.4, -0.2) is 64.2 Å². The second kappa shape index (κ2) is 17.7. The Morgan fingerprint density at radius 3 is 2.42 bits per heavy atom. The number of aliphatic hydroxyl groups is 1. The quantitative estimate of drug-likeness (QED) is 0.139. The van der Waals surface area contributed by atoms with Gasteiger partial charge in [0.1, 0.15) is 29.1 Å². The van der Waals surface area contributed by atoms with Gasteiger partial charge in [-0.15, -0.1) is 18.3 Å². The number of carbonyl (C=O) groups excluding carboxylic acids is 4. The molecule has 2 aromatic carbocycles. The van der Waals surface area contributed by atoms with Crippen LogP contribution in [0.2, 0.25) is 0 Å². The van der Waals surface area contributed by atoms with Gasteiger partial charge in [-0.1, -0.05) is 70.7 Å². The maximum atomic E-state index is 16.2. The van der Waals surface area contributed by atoms with Gasteiger partial charge < -0.3 is 24.0 Å². The summed E-state index contributed by atoms with van der Waals surface area (Å²) in [5.41, 5.74) is -0.829. The van der Waals surface area contributed by atoms with Crippen LogP contribution in [0.15, 0.2) is 72.0 Å². The first-order valence-corrected chi connectivity index (χ1v) is 24.2. The molecule has 2 aliphatic heterocycles. The van der Waals surface area contributed by atoms with Crippen molar-refractivity contribution in [3.63, 3.8) is 0 Å². The second-order valence-corrected chi connectivity index (χ2v) is 21.0.